The summed E-state index contributed by atoms with van der Waals surface area (Å²) < 4.78 is 0. The molecular weight excluding hydrogens is 250 g/mol. The van der Waals surface area contributed by atoms with Gasteiger partial charge in [0.05, 0.1) is 6.04 Å². The summed E-state index contributed by atoms with van der Waals surface area (Å²) in [4.78, 5) is 9.10. The van der Waals surface area contributed by atoms with Crippen LogP contribution in [0.3, 0.4) is 0 Å². The van der Waals surface area contributed by atoms with Crippen LogP contribution in [0.15, 0.2) is 12.3 Å². The molecule has 1 fully saturated rings. The summed E-state index contributed by atoms with van der Waals surface area (Å²) in [5.74, 6) is 0.651. The molecule has 5 nitrogen and oxygen atoms in total. The quantitative estimate of drug-likeness (QED) is 0.855. The molecular formula is C15H27N5. The van der Waals surface area contributed by atoms with Crippen molar-refractivity contribution in [2.45, 2.75) is 25.9 Å². The minimum Gasteiger partial charge on any atom is -0.383 e. The number of nitrogen functional groups attached to an aromatic ring is 1. The highest BCUT2D eigenvalue weighted by molar-refractivity contribution is 5.46. The summed E-state index contributed by atoms with van der Waals surface area (Å²) in [6, 6.07) is 2.68. The molecule has 0 aliphatic carbocycles. The fraction of sp³-hybridized carbons (Fsp3) is 0.667. The van der Waals surface area contributed by atoms with Gasteiger partial charge in [0.25, 0.3) is 0 Å². The molecule has 0 spiro atoms. The summed E-state index contributed by atoms with van der Waals surface area (Å²) in [5.41, 5.74) is 8.52. The minimum atomic E-state index is 0.224. The number of nitrogens with two attached hydrogens (primary N) is 1. The van der Waals surface area contributed by atoms with Crippen molar-refractivity contribution in [2.75, 3.05) is 46.0 Å². The molecule has 1 aliphatic heterocycles. The fourth-order valence-corrected chi connectivity index (χ4v) is 3.05. The van der Waals surface area contributed by atoms with E-state index in [0.29, 0.717) is 11.9 Å². The molecule has 1 aliphatic rings. The van der Waals surface area contributed by atoms with Gasteiger partial charge in [0.2, 0.25) is 0 Å². The van der Waals surface area contributed by atoms with Gasteiger partial charge >= 0.3 is 0 Å². The third kappa shape index (κ3) is 3.11. The molecule has 0 aromatic carbocycles. The van der Waals surface area contributed by atoms with Crippen molar-refractivity contribution >= 4 is 5.82 Å². The van der Waals surface area contributed by atoms with Crippen molar-refractivity contribution in [3.05, 3.63) is 23.4 Å². The highest BCUT2D eigenvalue weighted by Gasteiger charge is 2.32. The van der Waals surface area contributed by atoms with Gasteiger partial charge < -0.3 is 16.0 Å². The van der Waals surface area contributed by atoms with Gasteiger partial charge in [-0.15, -0.1) is 0 Å². The maximum absolute atomic E-state index is 6.16. The molecule has 0 bridgehead atoms. The van der Waals surface area contributed by atoms with E-state index in [2.05, 4.69) is 48.0 Å². The van der Waals surface area contributed by atoms with Crippen molar-refractivity contribution in [3.63, 3.8) is 0 Å². The van der Waals surface area contributed by atoms with E-state index in [1.165, 1.54) is 5.56 Å². The van der Waals surface area contributed by atoms with E-state index in [0.717, 1.165) is 31.7 Å². The molecule has 5 heteroatoms. The number of piperazine rings is 1. The van der Waals surface area contributed by atoms with Crippen molar-refractivity contribution in [3.8, 4) is 0 Å². The normalized spacial score (nSPS) is 22.9. The van der Waals surface area contributed by atoms with Crippen LogP contribution in [0, 0.1) is 6.92 Å². The van der Waals surface area contributed by atoms with Crippen LogP contribution in [0.5, 0.6) is 0 Å². The lowest BCUT2D eigenvalue weighted by molar-refractivity contribution is 0.0880. The lowest BCUT2D eigenvalue weighted by Crippen LogP contribution is -2.55. The van der Waals surface area contributed by atoms with E-state index in [1.807, 2.05) is 6.07 Å². The molecule has 2 atom stereocenters. The largest absolute Gasteiger partial charge is 0.383 e. The number of nitrogens with zero attached hydrogens (tertiary/aromatic N) is 3. The summed E-state index contributed by atoms with van der Waals surface area (Å²) in [5, 5.41) is 3.61. The Labute approximate surface area is 122 Å². The number of anilines is 1. The van der Waals surface area contributed by atoms with E-state index in [9.17, 15) is 0 Å². The van der Waals surface area contributed by atoms with Crippen LogP contribution in [0.4, 0.5) is 5.82 Å². The zero-order chi connectivity index (χ0) is 14.7. The molecule has 2 rings (SSSR count). The standard InChI is InChI=1S/C15H27N5/c1-5-17-14(12-10-19(3)8-9-20(12)4)13-11(2)6-7-18-15(13)16/h6-7,12,14,17H,5,8-10H2,1-4H3,(H2,16,18). The van der Waals surface area contributed by atoms with Crippen molar-refractivity contribution in [1.82, 2.24) is 20.1 Å². The van der Waals surface area contributed by atoms with Crippen LogP contribution in [0.25, 0.3) is 0 Å². The second-order valence-corrected chi connectivity index (χ2v) is 5.77. The molecule has 1 saturated heterocycles. The van der Waals surface area contributed by atoms with Gasteiger partial charge in [-0.3, -0.25) is 4.90 Å². The van der Waals surface area contributed by atoms with Gasteiger partial charge in [-0.1, -0.05) is 6.92 Å². The highest BCUT2D eigenvalue weighted by Crippen LogP contribution is 2.29. The van der Waals surface area contributed by atoms with Crippen LogP contribution in [0.2, 0.25) is 0 Å². The maximum atomic E-state index is 6.16. The second kappa shape index (κ2) is 6.52. The van der Waals surface area contributed by atoms with E-state index in [-0.39, 0.29) is 6.04 Å². The zero-order valence-corrected chi connectivity index (χ0v) is 13.1. The first kappa shape index (κ1) is 15.2. The van der Waals surface area contributed by atoms with Crippen LogP contribution in [-0.4, -0.2) is 61.1 Å². The minimum absolute atomic E-state index is 0.224. The number of nitrogens with one attached hydrogen (secondary N) is 1. The summed E-state index contributed by atoms with van der Waals surface area (Å²) in [6.07, 6.45) is 1.79. The molecule has 0 amide bonds. The van der Waals surface area contributed by atoms with Crippen molar-refractivity contribution in [1.29, 1.82) is 0 Å². The molecule has 2 heterocycles. The Hall–Kier alpha value is -1.17. The van der Waals surface area contributed by atoms with Crippen molar-refractivity contribution < 1.29 is 0 Å². The summed E-state index contributed by atoms with van der Waals surface area (Å²) in [6.45, 7) is 8.43. The number of hydrogen-bond acceptors (Lipinski definition) is 5. The van der Waals surface area contributed by atoms with Crippen LogP contribution >= 0.6 is 0 Å². The third-order valence-corrected chi connectivity index (χ3v) is 4.26. The van der Waals surface area contributed by atoms with Gasteiger partial charge in [0.1, 0.15) is 5.82 Å². The average molecular weight is 277 g/mol. The summed E-state index contributed by atoms with van der Waals surface area (Å²) in [7, 11) is 4.38. The highest BCUT2D eigenvalue weighted by atomic mass is 15.3. The van der Waals surface area contributed by atoms with E-state index in [4.69, 9.17) is 5.73 Å². The Morgan fingerprint density at radius 2 is 2.20 bits per heavy atom. The Morgan fingerprint density at radius 1 is 1.45 bits per heavy atom. The zero-order valence-electron chi connectivity index (χ0n) is 13.1. The lowest BCUT2D eigenvalue weighted by atomic mass is 9.93. The van der Waals surface area contributed by atoms with Gasteiger partial charge in [-0.05, 0) is 39.2 Å². The van der Waals surface area contributed by atoms with Crippen LogP contribution in [-0.2, 0) is 0 Å². The molecule has 0 radical (unpaired) electrons. The predicted molar refractivity (Wildman–Crippen MR) is 83.7 cm³/mol. The predicted octanol–water partition coefficient (Wildman–Crippen LogP) is 0.869. The van der Waals surface area contributed by atoms with Gasteiger partial charge in [0.15, 0.2) is 0 Å². The number of likely N-dealkylation sites (N-methyl/N-ethyl adjacent to an activating group) is 3. The lowest BCUT2D eigenvalue weighted by Gasteiger charge is -2.42. The second-order valence-electron chi connectivity index (χ2n) is 5.77. The van der Waals surface area contributed by atoms with Gasteiger partial charge in [-0.25, -0.2) is 4.98 Å². The Bertz CT molecular complexity index is 428. The number of aryl methyl sites for hydroxylation is 1. The summed E-state index contributed by atoms with van der Waals surface area (Å²) >= 11 is 0. The molecule has 112 valence electrons. The Balaban J connectivity index is 2.35. The molecule has 1 aromatic rings. The van der Waals surface area contributed by atoms with Gasteiger partial charge in [-0.2, -0.15) is 0 Å². The Kier molecular flexibility index (Phi) is 4.96. The third-order valence-electron chi connectivity index (χ3n) is 4.26. The molecule has 3 N–H and O–H groups in total. The molecule has 2 unspecified atom stereocenters. The molecule has 0 saturated carbocycles. The van der Waals surface area contributed by atoms with Gasteiger partial charge in [0, 0.05) is 37.4 Å². The van der Waals surface area contributed by atoms with Crippen molar-refractivity contribution in [2.24, 2.45) is 0 Å². The SMILES string of the molecule is CCNC(c1c(C)ccnc1N)C1CN(C)CCN1C. The van der Waals surface area contributed by atoms with Crippen LogP contribution < -0.4 is 11.1 Å². The molecule has 1 aromatic heterocycles. The average Bonchev–Trinajstić information content (AvgIpc) is 2.40. The monoisotopic (exact) mass is 277 g/mol. The smallest absolute Gasteiger partial charge is 0.128 e. The van der Waals surface area contributed by atoms with Crippen LogP contribution in [0.1, 0.15) is 24.1 Å². The van der Waals surface area contributed by atoms with E-state index in [1.54, 1.807) is 6.20 Å². The first-order chi connectivity index (χ1) is 9.54. The fourth-order valence-electron chi connectivity index (χ4n) is 3.05. The number of pyridine rings is 1. The first-order valence-electron chi connectivity index (χ1n) is 7.37. The first-order valence-corrected chi connectivity index (χ1v) is 7.37. The number of aromatic nitrogens is 1. The van der Waals surface area contributed by atoms with E-state index < -0.39 is 0 Å². The van der Waals surface area contributed by atoms with E-state index >= 15 is 0 Å². The topological polar surface area (TPSA) is 57.4 Å². The molecule has 20 heavy (non-hydrogen) atoms. The number of rotatable bonds is 4. The maximum Gasteiger partial charge on any atom is 0.128 e. The number of hydrogen-bond donors (Lipinski definition) is 2. The Morgan fingerprint density at radius 3 is 2.85 bits per heavy atom.